The Labute approximate surface area is 202 Å². The average molecular weight is 477 g/mol. The van der Waals surface area contributed by atoms with E-state index in [-0.39, 0.29) is 12.5 Å². The molecule has 0 radical (unpaired) electrons. The van der Waals surface area contributed by atoms with E-state index in [0.717, 1.165) is 20.8 Å². The SMILES string of the molecule is O=C(COc1ccc(C2CCCCC2)cc1)Nc1ccc(-c2nc3ccccc3s2)c(Cl)c1. The number of hydrogen-bond acceptors (Lipinski definition) is 4. The third-order valence-corrected chi connectivity index (χ3v) is 7.49. The highest BCUT2D eigenvalue weighted by Gasteiger charge is 2.15. The molecule has 4 nitrogen and oxygen atoms in total. The van der Waals surface area contributed by atoms with Gasteiger partial charge < -0.3 is 10.1 Å². The number of halogens is 1. The predicted octanol–water partition coefficient (Wildman–Crippen LogP) is 7.68. The van der Waals surface area contributed by atoms with E-state index >= 15 is 0 Å². The monoisotopic (exact) mass is 476 g/mol. The van der Waals surface area contributed by atoms with E-state index in [2.05, 4.69) is 22.4 Å². The summed E-state index contributed by atoms with van der Waals surface area (Å²) in [4.78, 5) is 17.1. The molecular formula is C27H25ClN2O2S. The Morgan fingerprint density at radius 3 is 2.58 bits per heavy atom. The van der Waals surface area contributed by atoms with Crippen molar-refractivity contribution in [2.75, 3.05) is 11.9 Å². The van der Waals surface area contributed by atoms with Crippen molar-refractivity contribution in [1.82, 2.24) is 4.98 Å². The standard InChI is InChI=1S/C27H25ClN2O2S/c28-23-16-20(12-15-22(23)27-30-24-8-4-5-9-25(24)33-27)29-26(31)17-32-21-13-10-19(11-14-21)18-6-2-1-3-7-18/h4-5,8-16,18H,1-3,6-7,17H2,(H,29,31). The van der Waals surface area contributed by atoms with E-state index in [9.17, 15) is 4.79 Å². The van der Waals surface area contributed by atoms with Gasteiger partial charge in [-0.2, -0.15) is 0 Å². The molecule has 6 heteroatoms. The molecule has 1 aliphatic carbocycles. The van der Waals surface area contributed by atoms with Gasteiger partial charge in [0.05, 0.1) is 15.2 Å². The Morgan fingerprint density at radius 1 is 1.03 bits per heavy atom. The molecule has 0 saturated heterocycles. The Hall–Kier alpha value is -2.89. The molecule has 1 fully saturated rings. The summed E-state index contributed by atoms with van der Waals surface area (Å²) >= 11 is 8.11. The number of aromatic nitrogens is 1. The number of carbonyl (C=O) groups is 1. The highest BCUT2D eigenvalue weighted by Crippen LogP contribution is 2.36. The van der Waals surface area contributed by atoms with Crippen LogP contribution in [-0.2, 0) is 4.79 Å². The number of nitrogens with zero attached hydrogens (tertiary/aromatic N) is 1. The van der Waals surface area contributed by atoms with Crippen molar-refractivity contribution in [3.05, 3.63) is 77.3 Å². The lowest BCUT2D eigenvalue weighted by atomic mass is 9.84. The lowest BCUT2D eigenvalue weighted by molar-refractivity contribution is -0.118. The van der Waals surface area contributed by atoms with Crippen LogP contribution < -0.4 is 10.1 Å². The normalized spacial score (nSPS) is 14.3. The van der Waals surface area contributed by atoms with Crippen LogP contribution in [0.5, 0.6) is 5.75 Å². The summed E-state index contributed by atoms with van der Waals surface area (Å²) in [5.41, 5.74) is 3.81. The molecule has 3 aromatic carbocycles. The van der Waals surface area contributed by atoms with Gasteiger partial charge in [-0.15, -0.1) is 11.3 Å². The van der Waals surface area contributed by atoms with Crippen LogP contribution in [-0.4, -0.2) is 17.5 Å². The summed E-state index contributed by atoms with van der Waals surface area (Å²) in [5, 5.41) is 4.26. The predicted molar refractivity (Wildman–Crippen MR) is 136 cm³/mol. The molecule has 1 aromatic heterocycles. The third kappa shape index (κ3) is 5.21. The van der Waals surface area contributed by atoms with Crippen LogP contribution in [0.3, 0.4) is 0 Å². The first-order chi connectivity index (χ1) is 16.2. The molecule has 168 valence electrons. The number of rotatable bonds is 6. The zero-order valence-electron chi connectivity index (χ0n) is 18.2. The molecule has 1 amide bonds. The van der Waals surface area contributed by atoms with Crippen LogP contribution in [0.25, 0.3) is 20.8 Å². The molecule has 1 saturated carbocycles. The van der Waals surface area contributed by atoms with Gasteiger partial charge in [0.1, 0.15) is 10.8 Å². The number of benzene rings is 3. The van der Waals surface area contributed by atoms with Gasteiger partial charge in [0.15, 0.2) is 6.61 Å². The first-order valence-electron chi connectivity index (χ1n) is 11.3. The van der Waals surface area contributed by atoms with Crippen LogP contribution in [0.1, 0.15) is 43.6 Å². The lowest BCUT2D eigenvalue weighted by Crippen LogP contribution is -2.20. The van der Waals surface area contributed by atoms with Gasteiger partial charge in [-0.3, -0.25) is 4.79 Å². The van der Waals surface area contributed by atoms with E-state index in [0.29, 0.717) is 22.4 Å². The van der Waals surface area contributed by atoms with E-state index in [1.165, 1.54) is 37.7 Å². The number of thiazole rings is 1. The molecule has 0 bridgehead atoms. The molecule has 4 aromatic rings. The van der Waals surface area contributed by atoms with Gasteiger partial charge in [0.25, 0.3) is 5.91 Å². The van der Waals surface area contributed by atoms with Crippen molar-refractivity contribution in [1.29, 1.82) is 0 Å². The second kappa shape index (κ2) is 9.94. The molecule has 0 spiro atoms. The minimum absolute atomic E-state index is 0.0555. The largest absolute Gasteiger partial charge is 0.484 e. The van der Waals surface area contributed by atoms with Gasteiger partial charge in [0, 0.05) is 11.3 Å². The minimum Gasteiger partial charge on any atom is -0.484 e. The fourth-order valence-corrected chi connectivity index (χ4v) is 5.70. The topological polar surface area (TPSA) is 51.2 Å². The maximum absolute atomic E-state index is 12.4. The second-order valence-electron chi connectivity index (χ2n) is 8.42. The van der Waals surface area contributed by atoms with Gasteiger partial charge in [0.2, 0.25) is 0 Å². The number of hydrogen-bond donors (Lipinski definition) is 1. The minimum atomic E-state index is -0.227. The van der Waals surface area contributed by atoms with Gasteiger partial charge >= 0.3 is 0 Å². The number of para-hydroxylation sites is 1. The first kappa shape index (κ1) is 21.9. The molecule has 0 aliphatic heterocycles. The van der Waals surface area contributed by atoms with Gasteiger partial charge in [-0.25, -0.2) is 4.98 Å². The molecule has 5 rings (SSSR count). The summed E-state index contributed by atoms with van der Waals surface area (Å²) in [5.74, 6) is 1.13. The number of nitrogens with one attached hydrogen (secondary N) is 1. The second-order valence-corrected chi connectivity index (χ2v) is 9.86. The molecule has 1 aliphatic rings. The fraction of sp³-hybridized carbons (Fsp3) is 0.259. The van der Waals surface area contributed by atoms with Gasteiger partial charge in [-0.1, -0.05) is 55.1 Å². The van der Waals surface area contributed by atoms with Crippen molar-refractivity contribution in [2.24, 2.45) is 0 Å². The third-order valence-electron chi connectivity index (χ3n) is 6.10. The summed E-state index contributed by atoms with van der Waals surface area (Å²) in [6.45, 7) is -0.0555. The number of ether oxygens (including phenoxy) is 1. The molecule has 1 N–H and O–H groups in total. The summed E-state index contributed by atoms with van der Waals surface area (Å²) in [7, 11) is 0. The van der Waals surface area contributed by atoms with Crippen LogP contribution in [0, 0.1) is 0 Å². The van der Waals surface area contributed by atoms with Crippen molar-refractivity contribution in [2.45, 2.75) is 38.0 Å². The molecule has 33 heavy (non-hydrogen) atoms. The zero-order chi connectivity index (χ0) is 22.6. The van der Waals surface area contributed by atoms with E-state index in [4.69, 9.17) is 16.3 Å². The van der Waals surface area contributed by atoms with E-state index in [1.807, 2.05) is 48.5 Å². The van der Waals surface area contributed by atoms with Gasteiger partial charge in [-0.05, 0) is 66.8 Å². The summed E-state index contributed by atoms with van der Waals surface area (Å²) in [6, 6.07) is 21.7. The highest BCUT2D eigenvalue weighted by molar-refractivity contribution is 7.21. The Kier molecular flexibility index (Phi) is 6.60. The summed E-state index contributed by atoms with van der Waals surface area (Å²) in [6.07, 6.45) is 6.51. The smallest absolute Gasteiger partial charge is 0.262 e. The van der Waals surface area contributed by atoms with E-state index in [1.54, 1.807) is 17.4 Å². The number of amides is 1. The fourth-order valence-electron chi connectivity index (χ4n) is 4.37. The Morgan fingerprint density at radius 2 is 1.82 bits per heavy atom. The highest BCUT2D eigenvalue weighted by atomic mass is 35.5. The Bertz CT molecular complexity index is 1230. The van der Waals surface area contributed by atoms with Crippen molar-refractivity contribution < 1.29 is 9.53 Å². The van der Waals surface area contributed by atoms with E-state index < -0.39 is 0 Å². The molecule has 0 atom stereocenters. The number of fused-ring (bicyclic) bond motifs is 1. The van der Waals surface area contributed by atoms with Crippen LogP contribution in [0.15, 0.2) is 66.7 Å². The van der Waals surface area contributed by atoms with Crippen LogP contribution in [0.4, 0.5) is 5.69 Å². The number of carbonyl (C=O) groups excluding carboxylic acids is 1. The van der Waals surface area contributed by atoms with Crippen molar-refractivity contribution in [3.8, 4) is 16.3 Å². The lowest BCUT2D eigenvalue weighted by Gasteiger charge is -2.22. The molecular weight excluding hydrogens is 452 g/mol. The quantitative estimate of drug-likeness (QED) is 0.310. The molecule has 0 unspecified atom stereocenters. The van der Waals surface area contributed by atoms with Crippen LogP contribution in [0.2, 0.25) is 5.02 Å². The average Bonchev–Trinajstić information content (AvgIpc) is 3.28. The van der Waals surface area contributed by atoms with Crippen LogP contribution >= 0.6 is 22.9 Å². The van der Waals surface area contributed by atoms with Crippen molar-refractivity contribution in [3.63, 3.8) is 0 Å². The zero-order valence-corrected chi connectivity index (χ0v) is 19.8. The first-order valence-corrected chi connectivity index (χ1v) is 12.5. The Balaban J connectivity index is 1.18. The number of anilines is 1. The maximum atomic E-state index is 12.4. The summed E-state index contributed by atoms with van der Waals surface area (Å²) < 4.78 is 6.80. The maximum Gasteiger partial charge on any atom is 0.262 e. The molecule has 1 heterocycles. The van der Waals surface area contributed by atoms with Crippen molar-refractivity contribution >= 4 is 44.7 Å².